The molecule has 23 heavy (non-hydrogen) atoms. The largest absolute Gasteiger partial charge is 0.480 e. The number of fused-ring (bicyclic) bond motifs is 1. The summed E-state index contributed by atoms with van der Waals surface area (Å²) in [4.78, 5) is 13.8. The highest BCUT2D eigenvalue weighted by molar-refractivity contribution is 5.73. The molecule has 1 atom stereocenters. The number of hydrogen-bond acceptors (Lipinski definition) is 4. The number of aliphatic carboxylic acids is 1. The molecule has 1 saturated carbocycles. The molecule has 1 fully saturated rings. The Labute approximate surface area is 137 Å². The van der Waals surface area contributed by atoms with Crippen LogP contribution in [0.25, 0.3) is 0 Å². The van der Waals surface area contributed by atoms with Gasteiger partial charge in [0.1, 0.15) is 17.7 Å². The van der Waals surface area contributed by atoms with Crippen LogP contribution in [0, 0.1) is 24.7 Å². The van der Waals surface area contributed by atoms with Crippen molar-refractivity contribution in [2.24, 2.45) is 17.8 Å². The number of nitrogens with zero attached hydrogens (tertiary/aromatic N) is 4. The molecule has 1 aliphatic carbocycles. The van der Waals surface area contributed by atoms with Gasteiger partial charge in [-0.1, -0.05) is 13.8 Å². The molecule has 1 unspecified atom stereocenters. The van der Waals surface area contributed by atoms with Crippen LogP contribution < -0.4 is 0 Å². The molecule has 1 aromatic heterocycles. The quantitative estimate of drug-likeness (QED) is 0.922. The maximum atomic E-state index is 11.7. The Hall–Kier alpha value is -1.43. The van der Waals surface area contributed by atoms with Gasteiger partial charge in [-0.15, -0.1) is 10.2 Å². The van der Waals surface area contributed by atoms with E-state index in [0.29, 0.717) is 19.0 Å². The standard InChI is InChI=1S/C17H28N4O2/c1-11(2)14-6-4-13(5-7-14)8-20-10-16-19-18-12(3)21(16)9-15(20)17(22)23/h11,13-15H,4-10H2,1-3H3,(H,22,23). The highest BCUT2D eigenvalue weighted by Gasteiger charge is 2.35. The molecule has 0 amide bonds. The van der Waals surface area contributed by atoms with E-state index in [9.17, 15) is 9.90 Å². The van der Waals surface area contributed by atoms with E-state index in [-0.39, 0.29) is 0 Å². The highest BCUT2D eigenvalue weighted by Crippen LogP contribution is 2.34. The van der Waals surface area contributed by atoms with Crippen molar-refractivity contribution in [2.45, 2.75) is 65.6 Å². The van der Waals surface area contributed by atoms with Gasteiger partial charge in [0, 0.05) is 6.54 Å². The number of aryl methyl sites for hydroxylation is 1. The Bertz CT molecular complexity index is 561. The van der Waals surface area contributed by atoms with E-state index in [1.54, 1.807) is 0 Å². The van der Waals surface area contributed by atoms with Gasteiger partial charge in [0.05, 0.1) is 13.1 Å². The zero-order chi connectivity index (χ0) is 16.6. The molecule has 6 nitrogen and oxygen atoms in total. The van der Waals surface area contributed by atoms with Crippen LogP contribution in [-0.4, -0.2) is 43.3 Å². The molecule has 0 saturated heterocycles. The molecule has 0 spiro atoms. The molecule has 2 aliphatic rings. The van der Waals surface area contributed by atoms with Gasteiger partial charge in [-0.05, 0) is 50.4 Å². The molecule has 1 aromatic rings. The molecule has 1 N–H and O–H groups in total. The number of rotatable bonds is 4. The number of carboxylic acid groups (broad SMARTS) is 1. The fourth-order valence-electron chi connectivity index (χ4n) is 4.15. The number of hydrogen-bond donors (Lipinski definition) is 1. The van der Waals surface area contributed by atoms with Crippen LogP contribution in [0.4, 0.5) is 0 Å². The van der Waals surface area contributed by atoms with Crippen LogP contribution in [0.3, 0.4) is 0 Å². The monoisotopic (exact) mass is 320 g/mol. The zero-order valence-electron chi connectivity index (χ0n) is 14.4. The lowest BCUT2D eigenvalue weighted by Crippen LogP contribution is -2.50. The van der Waals surface area contributed by atoms with Gasteiger partial charge in [-0.3, -0.25) is 9.69 Å². The summed E-state index contributed by atoms with van der Waals surface area (Å²) in [6.45, 7) is 8.44. The summed E-state index contributed by atoms with van der Waals surface area (Å²) >= 11 is 0. The first kappa shape index (κ1) is 16.4. The average Bonchev–Trinajstić information content (AvgIpc) is 2.87. The van der Waals surface area contributed by atoms with E-state index in [2.05, 4.69) is 28.9 Å². The van der Waals surface area contributed by atoms with Crippen molar-refractivity contribution in [1.82, 2.24) is 19.7 Å². The van der Waals surface area contributed by atoms with Crippen molar-refractivity contribution < 1.29 is 9.90 Å². The van der Waals surface area contributed by atoms with Crippen LogP contribution in [0.15, 0.2) is 0 Å². The number of carbonyl (C=O) groups is 1. The van der Waals surface area contributed by atoms with Crippen molar-refractivity contribution in [1.29, 1.82) is 0 Å². The van der Waals surface area contributed by atoms with Crippen molar-refractivity contribution in [3.8, 4) is 0 Å². The summed E-state index contributed by atoms with van der Waals surface area (Å²) in [5.41, 5.74) is 0. The molecule has 3 rings (SSSR count). The van der Waals surface area contributed by atoms with Gasteiger partial charge in [0.2, 0.25) is 0 Å². The van der Waals surface area contributed by atoms with Crippen molar-refractivity contribution >= 4 is 5.97 Å². The van der Waals surface area contributed by atoms with Crippen molar-refractivity contribution in [3.63, 3.8) is 0 Å². The van der Waals surface area contributed by atoms with Crippen molar-refractivity contribution in [3.05, 3.63) is 11.6 Å². The minimum absolute atomic E-state index is 0.458. The molecule has 0 bridgehead atoms. The topological polar surface area (TPSA) is 71.2 Å². The van der Waals surface area contributed by atoms with Crippen LogP contribution in [0.2, 0.25) is 0 Å². The van der Waals surface area contributed by atoms with E-state index in [4.69, 9.17) is 0 Å². The number of aromatic nitrogens is 3. The molecular formula is C17H28N4O2. The molecule has 0 aromatic carbocycles. The first-order valence-electron chi connectivity index (χ1n) is 8.81. The SMILES string of the molecule is Cc1nnc2n1CC(C(=O)O)N(CC1CCC(C(C)C)CC1)C2. The number of carboxylic acids is 1. The highest BCUT2D eigenvalue weighted by atomic mass is 16.4. The maximum Gasteiger partial charge on any atom is 0.322 e. The van der Waals surface area contributed by atoms with Crippen LogP contribution in [0.1, 0.15) is 51.2 Å². The summed E-state index contributed by atoms with van der Waals surface area (Å²) in [5.74, 6) is 3.19. The fourth-order valence-corrected chi connectivity index (χ4v) is 4.15. The average molecular weight is 320 g/mol. The van der Waals surface area contributed by atoms with E-state index in [0.717, 1.165) is 30.0 Å². The predicted molar refractivity (Wildman–Crippen MR) is 86.9 cm³/mol. The Morgan fingerprint density at radius 3 is 2.57 bits per heavy atom. The van der Waals surface area contributed by atoms with E-state index < -0.39 is 12.0 Å². The van der Waals surface area contributed by atoms with Gasteiger partial charge in [-0.2, -0.15) is 0 Å². The van der Waals surface area contributed by atoms with Gasteiger partial charge < -0.3 is 9.67 Å². The van der Waals surface area contributed by atoms with E-state index in [1.807, 2.05) is 11.5 Å². The van der Waals surface area contributed by atoms with Gasteiger partial charge in [0.25, 0.3) is 0 Å². The van der Waals surface area contributed by atoms with E-state index >= 15 is 0 Å². The summed E-state index contributed by atoms with van der Waals surface area (Å²) in [5, 5.41) is 17.9. The lowest BCUT2D eigenvalue weighted by atomic mass is 9.77. The minimum Gasteiger partial charge on any atom is -0.480 e. The second-order valence-corrected chi connectivity index (χ2v) is 7.58. The Morgan fingerprint density at radius 1 is 1.26 bits per heavy atom. The molecule has 128 valence electrons. The Morgan fingerprint density at radius 2 is 1.96 bits per heavy atom. The smallest absolute Gasteiger partial charge is 0.322 e. The van der Waals surface area contributed by atoms with Crippen LogP contribution >= 0.6 is 0 Å². The Kier molecular flexibility index (Phi) is 4.71. The normalized spacial score (nSPS) is 28.8. The van der Waals surface area contributed by atoms with Crippen LogP contribution in [0.5, 0.6) is 0 Å². The Balaban J connectivity index is 1.66. The lowest BCUT2D eigenvalue weighted by molar-refractivity contribution is -0.145. The molecular weight excluding hydrogens is 292 g/mol. The first-order valence-corrected chi connectivity index (χ1v) is 8.81. The molecule has 6 heteroatoms. The second-order valence-electron chi connectivity index (χ2n) is 7.58. The maximum absolute atomic E-state index is 11.7. The third kappa shape index (κ3) is 3.42. The second kappa shape index (κ2) is 6.59. The summed E-state index contributed by atoms with van der Waals surface area (Å²) in [6, 6.07) is -0.458. The third-order valence-electron chi connectivity index (χ3n) is 5.77. The summed E-state index contributed by atoms with van der Waals surface area (Å²) < 4.78 is 1.95. The fraction of sp³-hybridized carbons (Fsp3) is 0.824. The molecule has 1 aliphatic heterocycles. The summed E-state index contributed by atoms with van der Waals surface area (Å²) in [7, 11) is 0. The van der Waals surface area contributed by atoms with Gasteiger partial charge in [-0.25, -0.2) is 0 Å². The van der Waals surface area contributed by atoms with Gasteiger partial charge >= 0.3 is 5.97 Å². The van der Waals surface area contributed by atoms with Crippen LogP contribution in [-0.2, 0) is 17.9 Å². The zero-order valence-corrected chi connectivity index (χ0v) is 14.4. The van der Waals surface area contributed by atoms with Gasteiger partial charge in [0.15, 0.2) is 0 Å². The lowest BCUT2D eigenvalue weighted by Gasteiger charge is -2.38. The van der Waals surface area contributed by atoms with E-state index in [1.165, 1.54) is 25.7 Å². The minimum atomic E-state index is -0.736. The first-order chi connectivity index (χ1) is 11.0. The predicted octanol–water partition coefficient (Wildman–Crippen LogP) is 2.32. The molecule has 2 heterocycles. The summed E-state index contributed by atoms with van der Waals surface area (Å²) in [6.07, 6.45) is 5.00. The van der Waals surface area contributed by atoms with Crippen molar-refractivity contribution in [2.75, 3.05) is 6.54 Å². The third-order valence-corrected chi connectivity index (χ3v) is 5.77. The molecule has 0 radical (unpaired) electrons.